The molecule has 1 aliphatic heterocycles. The van der Waals surface area contributed by atoms with Gasteiger partial charge < -0.3 is 19.5 Å². The average Bonchev–Trinajstić information content (AvgIpc) is 3.32. The normalized spacial score (nSPS) is 23.1. The first-order valence-corrected chi connectivity index (χ1v) is 8.45. The van der Waals surface area contributed by atoms with E-state index in [-0.39, 0.29) is 25.0 Å². The minimum Gasteiger partial charge on any atom is -0.490 e. The largest absolute Gasteiger partial charge is 0.490 e. The second-order valence-corrected chi connectivity index (χ2v) is 6.41. The molecule has 0 unspecified atom stereocenters. The minimum absolute atomic E-state index is 0.0853. The van der Waals surface area contributed by atoms with Crippen LogP contribution in [0.4, 0.5) is 0 Å². The van der Waals surface area contributed by atoms with Crippen LogP contribution in [0.25, 0.3) is 0 Å². The van der Waals surface area contributed by atoms with Gasteiger partial charge in [0.1, 0.15) is 0 Å². The molecule has 6 heteroatoms. The lowest BCUT2D eigenvalue weighted by Gasteiger charge is -2.17. The Morgan fingerprint density at radius 3 is 2.42 bits per heavy atom. The topological polar surface area (TPSA) is 76.1 Å². The van der Waals surface area contributed by atoms with Crippen molar-refractivity contribution in [2.24, 2.45) is 17.8 Å². The van der Waals surface area contributed by atoms with Gasteiger partial charge in [0.25, 0.3) is 5.91 Å². The Hall–Kier alpha value is -2.24. The van der Waals surface area contributed by atoms with Crippen LogP contribution in [-0.4, -0.2) is 48.2 Å². The molecule has 0 bridgehead atoms. The van der Waals surface area contributed by atoms with Crippen LogP contribution in [0.15, 0.2) is 24.3 Å². The van der Waals surface area contributed by atoms with E-state index in [4.69, 9.17) is 9.47 Å². The van der Waals surface area contributed by atoms with Crippen LogP contribution in [0.2, 0.25) is 0 Å². The average molecular weight is 333 g/mol. The standard InChI is InChI=1S/C18H23NO5/c1-2-23-15-5-3-4-6-16(15)24-11-17(20)19-9-13(12-7-8-12)14(10-19)18(21)22/h3-6,12-14H,2,7-11H2,1H3,(H,21,22)/t13-,14+/m1/s1. The van der Waals surface area contributed by atoms with Gasteiger partial charge in [0.2, 0.25) is 0 Å². The fourth-order valence-electron chi connectivity index (χ4n) is 3.37. The summed E-state index contributed by atoms with van der Waals surface area (Å²) >= 11 is 0. The van der Waals surface area contributed by atoms with Crippen LogP contribution in [0.3, 0.4) is 0 Å². The Balaban J connectivity index is 1.58. The maximum absolute atomic E-state index is 12.4. The van der Waals surface area contributed by atoms with E-state index in [2.05, 4.69) is 0 Å². The summed E-state index contributed by atoms with van der Waals surface area (Å²) in [6, 6.07) is 7.22. The van der Waals surface area contributed by atoms with E-state index in [1.807, 2.05) is 19.1 Å². The molecule has 1 aromatic carbocycles. The smallest absolute Gasteiger partial charge is 0.308 e. The molecule has 1 aliphatic carbocycles. The molecule has 0 spiro atoms. The number of rotatable bonds is 7. The fourth-order valence-corrected chi connectivity index (χ4v) is 3.37. The Bertz CT molecular complexity index is 613. The molecular weight excluding hydrogens is 310 g/mol. The van der Waals surface area contributed by atoms with Gasteiger partial charge in [0.05, 0.1) is 12.5 Å². The number of para-hydroxylation sites is 2. The summed E-state index contributed by atoms with van der Waals surface area (Å²) in [5, 5.41) is 9.38. The second-order valence-electron chi connectivity index (χ2n) is 6.41. The van der Waals surface area contributed by atoms with Gasteiger partial charge in [-0.1, -0.05) is 12.1 Å². The van der Waals surface area contributed by atoms with Gasteiger partial charge in [-0.05, 0) is 43.7 Å². The second kappa shape index (κ2) is 7.11. The molecule has 3 rings (SSSR count). The number of carboxylic acids is 1. The molecule has 6 nitrogen and oxygen atoms in total. The van der Waals surface area contributed by atoms with Crippen LogP contribution < -0.4 is 9.47 Å². The molecule has 1 aromatic rings. The Labute approximate surface area is 141 Å². The maximum atomic E-state index is 12.4. The lowest BCUT2D eigenvalue weighted by Crippen LogP contribution is -2.34. The van der Waals surface area contributed by atoms with E-state index in [1.165, 1.54) is 0 Å². The molecule has 2 atom stereocenters. The van der Waals surface area contributed by atoms with Crippen molar-refractivity contribution >= 4 is 11.9 Å². The Morgan fingerprint density at radius 1 is 1.17 bits per heavy atom. The van der Waals surface area contributed by atoms with Gasteiger partial charge in [0, 0.05) is 13.1 Å². The highest BCUT2D eigenvalue weighted by atomic mass is 16.5. The first kappa shape index (κ1) is 16.6. The predicted octanol–water partition coefficient (Wildman–Crippen LogP) is 2.03. The SMILES string of the molecule is CCOc1ccccc1OCC(=O)N1C[C@H](C(=O)O)[C@@H](C2CC2)C1. The van der Waals surface area contributed by atoms with E-state index < -0.39 is 11.9 Å². The molecule has 130 valence electrons. The number of carboxylic acid groups (broad SMARTS) is 1. The number of amides is 1. The van der Waals surface area contributed by atoms with E-state index in [0.717, 1.165) is 12.8 Å². The third-order valence-corrected chi connectivity index (χ3v) is 4.76. The molecule has 1 amide bonds. The van der Waals surface area contributed by atoms with E-state index in [0.29, 0.717) is 30.6 Å². The zero-order valence-corrected chi connectivity index (χ0v) is 13.8. The predicted molar refractivity (Wildman–Crippen MR) is 87.0 cm³/mol. The van der Waals surface area contributed by atoms with Gasteiger partial charge >= 0.3 is 5.97 Å². The number of carbonyl (C=O) groups is 2. The molecule has 2 fully saturated rings. The molecule has 1 N–H and O–H groups in total. The summed E-state index contributed by atoms with van der Waals surface area (Å²) in [5.41, 5.74) is 0. The summed E-state index contributed by atoms with van der Waals surface area (Å²) in [4.78, 5) is 25.5. The van der Waals surface area contributed by atoms with Gasteiger partial charge in [-0.15, -0.1) is 0 Å². The minimum atomic E-state index is -0.801. The molecule has 2 aliphatic rings. The monoisotopic (exact) mass is 333 g/mol. The summed E-state index contributed by atoms with van der Waals surface area (Å²) in [6.45, 7) is 3.11. The molecule has 0 radical (unpaired) electrons. The van der Waals surface area contributed by atoms with Crippen molar-refractivity contribution in [2.75, 3.05) is 26.3 Å². The number of aliphatic carboxylic acids is 1. The summed E-state index contributed by atoms with van der Waals surface area (Å²) in [7, 11) is 0. The Kier molecular flexibility index (Phi) is 4.92. The number of hydrogen-bond acceptors (Lipinski definition) is 4. The third-order valence-electron chi connectivity index (χ3n) is 4.76. The van der Waals surface area contributed by atoms with Crippen molar-refractivity contribution in [3.8, 4) is 11.5 Å². The number of benzene rings is 1. The number of carbonyl (C=O) groups excluding carboxylic acids is 1. The molecule has 1 saturated heterocycles. The molecule has 1 heterocycles. The maximum Gasteiger partial charge on any atom is 0.308 e. The van der Waals surface area contributed by atoms with Crippen molar-refractivity contribution in [2.45, 2.75) is 19.8 Å². The van der Waals surface area contributed by atoms with Crippen LogP contribution in [0, 0.1) is 17.8 Å². The van der Waals surface area contributed by atoms with Gasteiger partial charge in [-0.25, -0.2) is 0 Å². The first-order chi connectivity index (χ1) is 11.6. The van der Waals surface area contributed by atoms with Crippen molar-refractivity contribution in [1.82, 2.24) is 4.90 Å². The highest BCUT2D eigenvalue weighted by Gasteiger charge is 2.46. The van der Waals surface area contributed by atoms with E-state index in [1.54, 1.807) is 17.0 Å². The van der Waals surface area contributed by atoms with Crippen LogP contribution >= 0.6 is 0 Å². The van der Waals surface area contributed by atoms with Crippen LogP contribution in [0.5, 0.6) is 11.5 Å². The number of likely N-dealkylation sites (tertiary alicyclic amines) is 1. The summed E-state index contributed by atoms with van der Waals surface area (Å²) in [6.07, 6.45) is 2.16. The highest BCUT2D eigenvalue weighted by molar-refractivity contribution is 5.80. The molecular formula is C18H23NO5. The van der Waals surface area contributed by atoms with Crippen molar-refractivity contribution in [3.63, 3.8) is 0 Å². The van der Waals surface area contributed by atoms with Gasteiger partial charge in [-0.2, -0.15) is 0 Å². The lowest BCUT2D eigenvalue weighted by molar-refractivity contribution is -0.142. The zero-order chi connectivity index (χ0) is 17.1. The quantitative estimate of drug-likeness (QED) is 0.826. The van der Waals surface area contributed by atoms with Crippen LogP contribution in [0.1, 0.15) is 19.8 Å². The van der Waals surface area contributed by atoms with Gasteiger partial charge in [-0.3, -0.25) is 9.59 Å². The number of hydrogen-bond donors (Lipinski definition) is 1. The summed E-state index contributed by atoms with van der Waals surface area (Å²) < 4.78 is 11.1. The number of ether oxygens (including phenoxy) is 2. The van der Waals surface area contributed by atoms with Crippen molar-refractivity contribution in [1.29, 1.82) is 0 Å². The highest BCUT2D eigenvalue weighted by Crippen LogP contribution is 2.44. The molecule has 0 aromatic heterocycles. The summed E-state index contributed by atoms with van der Waals surface area (Å²) in [5.74, 6) is 0.261. The van der Waals surface area contributed by atoms with E-state index in [9.17, 15) is 14.7 Å². The Morgan fingerprint density at radius 2 is 1.83 bits per heavy atom. The van der Waals surface area contributed by atoms with E-state index >= 15 is 0 Å². The first-order valence-electron chi connectivity index (χ1n) is 8.45. The fraction of sp³-hybridized carbons (Fsp3) is 0.556. The van der Waals surface area contributed by atoms with Crippen molar-refractivity contribution in [3.05, 3.63) is 24.3 Å². The third kappa shape index (κ3) is 3.63. The van der Waals surface area contributed by atoms with Crippen LogP contribution in [-0.2, 0) is 9.59 Å². The van der Waals surface area contributed by atoms with Crippen molar-refractivity contribution < 1.29 is 24.2 Å². The molecule has 1 saturated carbocycles. The molecule has 24 heavy (non-hydrogen) atoms. The zero-order valence-electron chi connectivity index (χ0n) is 13.8. The number of nitrogens with zero attached hydrogens (tertiary/aromatic N) is 1. The lowest BCUT2D eigenvalue weighted by atomic mass is 9.92. The van der Waals surface area contributed by atoms with Gasteiger partial charge in [0.15, 0.2) is 18.1 Å².